The fourth-order valence-electron chi connectivity index (χ4n) is 0.856. The van der Waals surface area contributed by atoms with Crippen LogP contribution in [0.15, 0.2) is 0 Å². The van der Waals surface area contributed by atoms with Crippen molar-refractivity contribution in [2.24, 2.45) is 0 Å². The van der Waals surface area contributed by atoms with Crippen molar-refractivity contribution < 1.29 is 4.79 Å². The molecule has 0 bridgehead atoms. The van der Waals surface area contributed by atoms with Crippen LogP contribution >= 0.6 is 37.9 Å². The molecule has 0 saturated carbocycles. The Morgan fingerprint density at radius 1 is 1.00 bits per heavy atom. The Hall–Kier alpha value is 0.520. The number of amides is 1. The van der Waals surface area contributed by atoms with E-state index in [-0.39, 0.29) is 5.91 Å². The van der Waals surface area contributed by atoms with Crippen LogP contribution in [0, 0.1) is 0 Å². The number of rotatable bonds is 6. The predicted octanol–water partition coefficient (Wildman–Crippen LogP) is 0.994. The number of carbonyl (C=O) groups excluding carboxylic acids is 1. The first-order valence-electron chi connectivity index (χ1n) is 3.86. The average molecular weight is 225 g/mol. The van der Waals surface area contributed by atoms with Crippen LogP contribution in [0.2, 0.25) is 0 Å². The number of thiol groups is 3. The highest BCUT2D eigenvalue weighted by atomic mass is 32.1. The monoisotopic (exact) mass is 225 g/mol. The molecule has 2 nitrogen and oxygen atoms in total. The van der Waals surface area contributed by atoms with Gasteiger partial charge in [0.05, 0.1) is 0 Å². The molecule has 1 amide bonds. The van der Waals surface area contributed by atoms with Crippen molar-refractivity contribution in [2.45, 2.75) is 6.42 Å². The summed E-state index contributed by atoms with van der Waals surface area (Å²) in [6, 6.07) is 0. The lowest BCUT2D eigenvalue weighted by atomic mass is 10.4. The molecule has 0 atom stereocenters. The van der Waals surface area contributed by atoms with E-state index in [9.17, 15) is 4.79 Å². The molecule has 12 heavy (non-hydrogen) atoms. The van der Waals surface area contributed by atoms with Gasteiger partial charge in [0, 0.05) is 31.0 Å². The van der Waals surface area contributed by atoms with Crippen LogP contribution in [0.4, 0.5) is 0 Å². The largest absolute Gasteiger partial charge is 0.341 e. The summed E-state index contributed by atoms with van der Waals surface area (Å²) in [6.07, 6.45) is 0.505. The minimum absolute atomic E-state index is 0.146. The summed E-state index contributed by atoms with van der Waals surface area (Å²) >= 11 is 12.2. The van der Waals surface area contributed by atoms with Crippen LogP contribution in [0.5, 0.6) is 0 Å². The number of carbonyl (C=O) groups is 1. The topological polar surface area (TPSA) is 20.3 Å². The van der Waals surface area contributed by atoms with E-state index in [1.54, 1.807) is 4.90 Å². The van der Waals surface area contributed by atoms with Crippen LogP contribution in [-0.4, -0.2) is 41.2 Å². The van der Waals surface area contributed by atoms with Crippen LogP contribution in [0.3, 0.4) is 0 Å². The molecule has 0 aromatic heterocycles. The second-order valence-corrected chi connectivity index (χ2v) is 3.64. The Balaban J connectivity index is 3.81. The molecule has 0 saturated heterocycles. The maximum atomic E-state index is 11.3. The van der Waals surface area contributed by atoms with Gasteiger partial charge in [-0.3, -0.25) is 4.79 Å². The molecule has 0 aliphatic carbocycles. The standard InChI is InChI=1S/C7H15NOS3/c9-7(1-4-10)8(2-5-11)3-6-12/h10-12H,1-6H2. The normalized spacial score (nSPS) is 9.92. The SMILES string of the molecule is O=C(CCS)N(CCS)CCS. The number of hydrogen-bond donors (Lipinski definition) is 3. The zero-order valence-corrected chi connectivity index (χ0v) is 9.62. The van der Waals surface area contributed by atoms with E-state index in [1.807, 2.05) is 0 Å². The summed E-state index contributed by atoms with van der Waals surface area (Å²) in [5.74, 6) is 2.15. The van der Waals surface area contributed by atoms with Crippen LogP contribution < -0.4 is 0 Å². The summed E-state index contributed by atoms with van der Waals surface area (Å²) in [5, 5.41) is 0. The van der Waals surface area contributed by atoms with Gasteiger partial charge in [-0.1, -0.05) is 0 Å². The van der Waals surface area contributed by atoms with Crippen molar-refractivity contribution in [2.75, 3.05) is 30.3 Å². The summed E-state index contributed by atoms with van der Waals surface area (Å²) < 4.78 is 0. The van der Waals surface area contributed by atoms with Gasteiger partial charge in [0.1, 0.15) is 0 Å². The Morgan fingerprint density at radius 3 is 1.83 bits per heavy atom. The summed E-state index contributed by atoms with van der Waals surface area (Å²) in [4.78, 5) is 13.1. The Labute approximate surface area is 90.3 Å². The van der Waals surface area contributed by atoms with Crippen molar-refractivity contribution >= 4 is 43.8 Å². The summed E-state index contributed by atoms with van der Waals surface area (Å²) in [6.45, 7) is 1.41. The molecule has 0 fully saturated rings. The Bertz CT molecular complexity index is 126. The van der Waals surface area contributed by atoms with Crippen LogP contribution in [-0.2, 0) is 4.79 Å². The molecule has 0 heterocycles. The molecule has 0 aliphatic heterocycles. The van der Waals surface area contributed by atoms with E-state index in [0.29, 0.717) is 36.8 Å². The fraction of sp³-hybridized carbons (Fsp3) is 0.857. The molecule has 0 spiro atoms. The van der Waals surface area contributed by atoms with Gasteiger partial charge in [-0.05, 0) is 5.75 Å². The first kappa shape index (κ1) is 12.5. The molecule has 72 valence electrons. The molecule has 0 rings (SSSR count). The quantitative estimate of drug-likeness (QED) is 0.576. The second-order valence-electron chi connectivity index (χ2n) is 2.30. The molecule has 0 unspecified atom stereocenters. The smallest absolute Gasteiger partial charge is 0.223 e. The zero-order chi connectivity index (χ0) is 9.40. The number of nitrogens with zero attached hydrogens (tertiary/aromatic N) is 1. The van der Waals surface area contributed by atoms with E-state index >= 15 is 0 Å². The highest BCUT2D eigenvalue weighted by molar-refractivity contribution is 7.80. The third kappa shape index (κ3) is 5.22. The van der Waals surface area contributed by atoms with E-state index < -0.39 is 0 Å². The lowest BCUT2D eigenvalue weighted by molar-refractivity contribution is -0.130. The third-order valence-electron chi connectivity index (χ3n) is 1.42. The highest BCUT2D eigenvalue weighted by Crippen LogP contribution is 1.97. The molecule has 0 aromatic rings. The van der Waals surface area contributed by atoms with Gasteiger partial charge in [0.15, 0.2) is 0 Å². The molecule has 0 aliphatic rings. The van der Waals surface area contributed by atoms with Crippen molar-refractivity contribution in [1.82, 2.24) is 4.90 Å². The minimum Gasteiger partial charge on any atom is -0.341 e. The van der Waals surface area contributed by atoms with Gasteiger partial charge >= 0.3 is 0 Å². The lowest BCUT2D eigenvalue weighted by Crippen LogP contribution is -2.34. The van der Waals surface area contributed by atoms with Crippen LogP contribution in [0.1, 0.15) is 6.42 Å². The summed E-state index contributed by atoms with van der Waals surface area (Å²) in [5.41, 5.74) is 0. The highest BCUT2D eigenvalue weighted by Gasteiger charge is 2.09. The van der Waals surface area contributed by atoms with Gasteiger partial charge in [0.25, 0.3) is 0 Å². The Morgan fingerprint density at radius 2 is 1.50 bits per heavy atom. The predicted molar refractivity (Wildman–Crippen MR) is 62.8 cm³/mol. The maximum absolute atomic E-state index is 11.3. The minimum atomic E-state index is 0.146. The van der Waals surface area contributed by atoms with Gasteiger partial charge < -0.3 is 4.90 Å². The lowest BCUT2D eigenvalue weighted by Gasteiger charge is -2.20. The van der Waals surface area contributed by atoms with Crippen LogP contribution in [0.25, 0.3) is 0 Å². The van der Waals surface area contributed by atoms with Crippen molar-refractivity contribution in [1.29, 1.82) is 0 Å². The molecule has 0 N–H and O–H groups in total. The van der Waals surface area contributed by atoms with Crippen molar-refractivity contribution in [3.63, 3.8) is 0 Å². The molecular formula is C7H15NOS3. The van der Waals surface area contributed by atoms with Crippen molar-refractivity contribution in [3.05, 3.63) is 0 Å². The Kier molecular flexibility index (Phi) is 8.49. The third-order valence-corrected chi connectivity index (χ3v) is 2.04. The maximum Gasteiger partial charge on any atom is 0.223 e. The molecule has 5 heteroatoms. The number of hydrogen-bond acceptors (Lipinski definition) is 4. The van der Waals surface area contributed by atoms with Gasteiger partial charge in [-0.15, -0.1) is 0 Å². The van der Waals surface area contributed by atoms with Crippen molar-refractivity contribution in [3.8, 4) is 0 Å². The van der Waals surface area contributed by atoms with E-state index in [2.05, 4.69) is 37.9 Å². The fourth-order valence-corrected chi connectivity index (χ4v) is 1.53. The zero-order valence-electron chi connectivity index (χ0n) is 6.94. The molecule has 0 radical (unpaired) electrons. The summed E-state index contributed by atoms with van der Waals surface area (Å²) in [7, 11) is 0. The van der Waals surface area contributed by atoms with Gasteiger partial charge in [-0.2, -0.15) is 37.9 Å². The van der Waals surface area contributed by atoms with E-state index in [1.165, 1.54) is 0 Å². The first-order chi connectivity index (χ1) is 5.76. The van der Waals surface area contributed by atoms with Gasteiger partial charge in [0.2, 0.25) is 5.91 Å². The van der Waals surface area contributed by atoms with E-state index in [4.69, 9.17) is 0 Å². The average Bonchev–Trinajstić information content (AvgIpc) is 2.04. The van der Waals surface area contributed by atoms with E-state index in [0.717, 1.165) is 0 Å². The van der Waals surface area contributed by atoms with Gasteiger partial charge in [-0.25, -0.2) is 0 Å². The molecule has 0 aromatic carbocycles. The second kappa shape index (κ2) is 8.13. The molecular weight excluding hydrogens is 210 g/mol. The first-order valence-corrected chi connectivity index (χ1v) is 5.76.